The van der Waals surface area contributed by atoms with Crippen LogP contribution in [0.3, 0.4) is 0 Å². The molecule has 0 radical (unpaired) electrons. The van der Waals surface area contributed by atoms with Gasteiger partial charge < -0.3 is 9.73 Å². The first-order valence-corrected chi connectivity index (χ1v) is 9.04. The van der Waals surface area contributed by atoms with Crippen LogP contribution in [0.1, 0.15) is 33.0 Å². The zero-order chi connectivity index (χ0) is 18.8. The lowest BCUT2D eigenvalue weighted by Crippen LogP contribution is -2.30. The van der Waals surface area contributed by atoms with Crippen LogP contribution in [0.2, 0.25) is 0 Å². The number of carbonyl (C=O) groups is 1. The number of benzene rings is 2. The Bertz CT molecular complexity index is 966. The number of amides is 1. The maximum atomic E-state index is 13.4. The third kappa shape index (κ3) is 3.78. The van der Waals surface area contributed by atoms with E-state index < -0.39 is 0 Å². The van der Waals surface area contributed by atoms with Gasteiger partial charge in [0.15, 0.2) is 0 Å². The van der Waals surface area contributed by atoms with Crippen molar-refractivity contribution < 1.29 is 13.6 Å². The Kier molecular flexibility index (Phi) is 4.77. The fourth-order valence-corrected chi connectivity index (χ4v) is 3.61. The Hall–Kier alpha value is -2.92. The largest absolute Gasteiger partial charge is 0.465 e. The van der Waals surface area contributed by atoms with Crippen LogP contribution in [0, 0.1) is 12.7 Å². The minimum absolute atomic E-state index is 0.260. The van der Waals surface area contributed by atoms with Gasteiger partial charge in [0.1, 0.15) is 17.3 Å². The standard InChI is InChI=1S/C22H21FN2O2/c1-15-21(22(26)24-18-9-5-8-17(23)12-18)19-14-25(11-10-20(19)27-15)13-16-6-3-2-4-7-16/h2-9,12H,10-11,13-14H2,1H3,(H,24,26). The topological polar surface area (TPSA) is 45.5 Å². The summed E-state index contributed by atoms with van der Waals surface area (Å²) in [4.78, 5) is 15.1. The summed E-state index contributed by atoms with van der Waals surface area (Å²) in [7, 11) is 0. The SMILES string of the molecule is Cc1oc2c(c1C(=O)Nc1cccc(F)c1)CN(Cc1ccccc1)CC2. The molecule has 1 aromatic heterocycles. The molecule has 2 aromatic carbocycles. The normalized spacial score (nSPS) is 14.0. The van der Waals surface area contributed by atoms with E-state index in [2.05, 4.69) is 22.3 Å². The van der Waals surface area contributed by atoms with E-state index in [0.717, 1.165) is 30.8 Å². The monoisotopic (exact) mass is 364 g/mol. The van der Waals surface area contributed by atoms with E-state index in [4.69, 9.17) is 4.42 Å². The van der Waals surface area contributed by atoms with Gasteiger partial charge in [-0.2, -0.15) is 0 Å². The second-order valence-electron chi connectivity index (χ2n) is 6.85. The van der Waals surface area contributed by atoms with Gasteiger partial charge in [0.25, 0.3) is 5.91 Å². The molecule has 0 saturated heterocycles. The van der Waals surface area contributed by atoms with Crippen molar-refractivity contribution in [3.05, 3.63) is 88.6 Å². The van der Waals surface area contributed by atoms with E-state index in [1.165, 1.54) is 17.7 Å². The molecule has 5 heteroatoms. The van der Waals surface area contributed by atoms with Crippen LogP contribution < -0.4 is 5.32 Å². The lowest BCUT2D eigenvalue weighted by atomic mass is 10.0. The third-order valence-electron chi connectivity index (χ3n) is 4.86. The van der Waals surface area contributed by atoms with Gasteiger partial charge in [0.2, 0.25) is 0 Å². The molecule has 0 unspecified atom stereocenters. The molecule has 0 bridgehead atoms. The van der Waals surface area contributed by atoms with E-state index in [-0.39, 0.29) is 11.7 Å². The number of hydrogen-bond donors (Lipinski definition) is 1. The smallest absolute Gasteiger partial charge is 0.259 e. The number of furan rings is 1. The predicted molar refractivity (Wildman–Crippen MR) is 102 cm³/mol. The summed E-state index contributed by atoms with van der Waals surface area (Å²) in [5, 5.41) is 2.78. The van der Waals surface area contributed by atoms with Gasteiger partial charge in [-0.1, -0.05) is 36.4 Å². The minimum atomic E-state index is -0.382. The molecule has 0 fully saturated rings. The number of aryl methyl sites for hydroxylation is 1. The molecule has 0 atom stereocenters. The van der Waals surface area contributed by atoms with Crippen molar-refractivity contribution in [2.45, 2.75) is 26.4 Å². The van der Waals surface area contributed by atoms with Gasteiger partial charge in [-0.15, -0.1) is 0 Å². The summed E-state index contributed by atoms with van der Waals surface area (Å²) in [6, 6.07) is 16.2. The molecule has 2 heterocycles. The van der Waals surface area contributed by atoms with Crippen LogP contribution in [-0.2, 0) is 19.5 Å². The Morgan fingerprint density at radius 2 is 2.00 bits per heavy atom. The Morgan fingerprint density at radius 3 is 2.78 bits per heavy atom. The molecule has 1 N–H and O–H groups in total. The average molecular weight is 364 g/mol. The van der Waals surface area contributed by atoms with Crippen LogP contribution >= 0.6 is 0 Å². The van der Waals surface area contributed by atoms with Gasteiger partial charge in [0.05, 0.1) is 5.56 Å². The molecule has 4 rings (SSSR count). The van der Waals surface area contributed by atoms with Crippen LogP contribution in [0.5, 0.6) is 0 Å². The molecule has 1 aliphatic rings. The van der Waals surface area contributed by atoms with Crippen molar-refractivity contribution in [2.24, 2.45) is 0 Å². The van der Waals surface area contributed by atoms with E-state index in [1.54, 1.807) is 19.1 Å². The van der Waals surface area contributed by atoms with E-state index in [0.29, 0.717) is 23.6 Å². The highest BCUT2D eigenvalue weighted by molar-refractivity contribution is 6.06. The lowest BCUT2D eigenvalue weighted by Gasteiger charge is -2.26. The van der Waals surface area contributed by atoms with Gasteiger partial charge in [-0.05, 0) is 30.7 Å². The Balaban J connectivity index is 1.55. The van der Waals surface area contributed by atoms with Crippen molar-refractivity contribution in [2.75, 3.05) is 11.9 Å². The first kappa shape index (κ1) is 17.5. The molecule has 138 valence electrons. The first-order chi connectivity index (χ1) is 13.1. The van der Waals surface area contributed by atoms with Crippen LogP contribution in [0.4, 0.5) is 10.1 Å². The number of nitrogens with zero attached hydrogens (tertiary/aromatic N) is 1. The molecule has 27 heavy (non-hydrogen) atoms. The Morgan fingerprint density at radius 1 is 1.19 bits per heavy atom. The average Bonchev–Trinajstić information content (AvgIpc) is 2.98. The highest BCUT2D eigenvalue weighted by Crippen LogP contribution is 2.29. The van der Waals surface area contributed by atoms with Crippen molar-refractivity contribution in [1.29, 1.82) is 0 Å². The summed E-state index contributed by atoms with van der Waals surface area (Å²) < 4.78 is 19.3. The van der Waals surface area contributed by atoms with Crippen molar-refractivity contribution in [1.82, 2.24) is 4.90 Å². The fraction of sp³-hybridized carbons (Fsp3) is 0.227. The van der Waals surface area contributed by atoms with Crippen LogP contribution in [-0.4, -0.2) is 17.4 Å². The molecular weight excluding hydrogens is 343 g/mol. The van der Waals surface area contributed by atoms with E-state index in [1.807, 2.05) is 18.2 Å². The van der Waals surface area contributed by atoms with Crippen molar-refractivity contribution >= 4 is 11.6 Å². The maximum absolute atomic E-state index is 13.4. The number of hydrogen-bond acceptors (Lipinski definition) is 3. The van der Waals surface area contributed by atoms with E-state index in [9.17, 15) is 9.18 Å². The van der Waals surface area contributed by atoms with Crippen LogP contribution in [0.25, 0.3) is 0 Å². The Labute approximate surface area is 157 Å². The molecule has 0 spiro atoms. The number of anilines is 1. The number of carbonyl (C=O) groups excluding carboxylic acids is 1. The quantitative estimate of drug-likeness (QED) is 0.739. The molecule has 0 saturated carbocycles. The summed E-state index contributed by atoms with van der Waals surface area (Å²) in [5.41, 5.74) is 3.17. The number of halogens is 1. The molecular formula is C22H21FN2O2. The highest BCUT2D eigenvalue weighted by atomic mass is 19.1. The predicted octanol–water partition coefficient (Wildman–Crippen LogP) is 4.54. The summed E-state index contributed by atoms with van der Waals surface area (Å²) in [5.74, 6) is 0.842. The summed E-state index contributed by atoms with van der Waals surface area (Å²) >= 11 is 0. The van der Waals surface area contributed by atoms with Gasteiger partial charge in [0, 0.05) is 37.3 Å². The third-order valence-corrected chi connectivity index (χ3v) is 4.86. The molecule has 3 aromatic rings. The lowest BCUT2D eigenvalue weighted by molar-refractivity contribution is 0.102. The molecule has 4 nitrogen and oxygen atoms in total. The maximum Gasteiger partial charge on any atom is 0.259 e. The minimum Gasteiger partial charge on any atom is -0.465 e. The summed E-state index contributed by atoms with van der Waals surface area (Å²) in [6.07, 6.45) is 0.774. The number of rotatable bonds is 4. The highest BCUT2D eigenvalue weighted by Gasteiger charge is 2.28. The van der Waals surface area contributed by atoms with E-state index >= 15 is 0 Å². The first-order valence-electron chi connectivity index (χ1n) is 9.04. The molecule has 1 amide bonds. The second kappa shape index (κ2) is 7.37. The van der Waals surface area contributed by atoms with Crippen molar-refractivity contribution in [3.63, 3.8) is 0 Å². The number of nitrogens with one attached hydrogen (secondary N) is 1. The number of fused-ring (bicyclic) bond motifs is 1. The summed E-state index contributed by atoms with van der Waals surface area (Å²) in [6.45, 7) is 4.18. The van der Waals surface area contributed by atoms with Crippen molar-refractivity contribution in [3.8, 4) is 0 Å². The zero-order valence-corrected chi connectivity index (χ0v) is 15.2. The second-order valence-corrected chi connectivity index (χ2v) is 6.85. The molecule has 1 aliphatic heterocycles. The zero-order valence-electron chi connectivity index (χ0n) is 15.2. The van der Waals surface area contributed by atoms with Crippen LogP contribution in [0.15, 0.2) is 59.0 Å². The van der Waals surface area contributed by atoms with Gasteiger partial charge in [-0.3, -0.25) is 9.69 Å². The van der Waals surface area contributed by atoms with Gasteiger partial charge in [-0.25, -0.2) is 4.39 Å². The van der Waals surface area contributed by atoms with Gasteiger partial charge >= 0.3 is 0 Å². The molecule has 0 aliphatic carbocycles. The fourth-order valence-electron chi connectivity index (χ4n) is 3.61.